The summed E-state index contributed by atoms with van der Waals surface area (Å²) in [7, 11) is 0. The highest BCUT2D eigenvalue weighted by Gasteiger charge is 2.25. The number of hydrogen-bond acceptors (Lipinski definition) is 4. The first-order chi connectivity index (χ1) is 17.5. The van der Waals surface area contributed by atoms with E-state index in [-0.39, 0.29) is 19.0 Å². The molecule has 5 rings (SSSR count). The summed E-state index contributed by atoms with van der Waals surface area (Å²) in [6, 6.07) is 20.0. The SMILES string of the molecule is CCn1cnc2c1c(=O)n(CC(=O)N1CCC(Cc3ccccc3)CC1)c(=O)n2Cc1ccccc1. The molecule has 1 saturated heterocycles. The number of imidazole rings is 1. The van der Waals surface area contributed by atoms with Crippen LogP contribution in [0.15, 0.2) is 76.6 Å². The van der Waals surface area contributed by atoms with Gasteiger partial charge < -0.3 is 9.47 Å². The number of aromatic nitrogens is 4. The molecule has 1 aliphatic heterocycles. The molecule has 1 amide bonds. The lowest BCUT2D eigenvalue weighted by Crippen LogP contribution is -2.47. The highest BCUT2D eigenvalue weighted by atomic mass is 16.2. The van der Waals surface area contributed by atoms with Crippen LogP contribution in [0.25, 0.3) is 11.2 Å². The van der Waals surface area contributed by atoms with Gasteiger partial charge in [-0.25, -0.2) is 14.3 Å². The lowest BCUT2D eigenvalue weighted by molar-refractivity contribution is -0.133. The number of nitrogens with zero attached hydrogens (tertiary/aromatic N) is 5. The number of hydrogen-bond donors (Lipinski definition) is 0. The minimum absolute atomic E-state index is 0.194. The molecule has 1 fully saturated rings. The maximum Gasteiger partial charge on any atom is 0.333 e. The van der Waals surface area contributed by atoms with E-state index in [1.807, 2.05) is 43.3 Å². The van der Waals surface area contributed by atoms with Crippen molar-refractivity contribution in [1.82, 2.24) is 23.6 Å². The number of piperidine rings is 1. The molecular formula is C28H31N5O3. The molecule has 2 aromatic carbocycles. The monoisotopic (exact) mass is 485 g/mol. The first kappa shape index (κ1) is 23.8. The van der Waals surface area contributed by atoms with Crippen LogP contribution in [0.4, 0.5) is 0 Å². The number of amides is 1. The summed E-state index contributed by atoms with van der Waals surface area (Å²) in [4.78, 5) is 46.3. The molecule has 0 radical (unpaired) electrons. The number of carbonyl (C=O) groups excluding carboxylic acids is 1. The molecule has 0 atom stereocenters. The Labute approximate surface area is 209 Å². The number of likely N-dealkylation sites (tertiary alicyclic amines) is 1. The van der Waals surface area contributed by atoms with Crippen LogP contribution in [0, 0.1) is 5.92 Å². The first-order valence-electron chi connectivity index (χ1n) is 12.6. The van der Waals surface area contributed by atoms with Crippen molar-refractivity contribution < 1.29 is 4.79 Å². The molecule has 36 heavy (non-hydrogen) atoms. The third kappa shape index (κ3) is 4.76. The Hall–Kier alpha value is -3.94. The molecule has 186 valence electrons. The number of rotatable bonds is 7. The Morgan fingerprint density at radius 2 is 1.56 bits per heavy atom. The summed E-state index contributed by atoms with van der Waals surface area (Å²) in [6.07, 6.45) is 4.41. The lowest BCUT2D eigenvalue weighted by Gasteiger charge is -2.32. The summed E-state index contributed by atoms with van der Waals surface area (Å²) < 4.78 is 4.31. The van der Waals surface area contributed by atoms with Gasteiger partial charge >= 0.3 is 5.69 Å². The fourth-order valence-corrected chi connectivity index (χ4v) is 5.10. The largest absolute Gasteiger partial charge is 0.341 e. The van der Waals surface area contributed by atoms with E-state index in [1.165, 1.54) is 10.1 Å². The second-order valence-electron chi connectivity index (χ2n) is 9.46. The van der Waals surface area contributed by atoms with Gasteiger partial charge in [0.1, 0.15) is 6.54 Å². The quantitative estimate of drug-likeness (QED) is 0.403. The highest BCUT2D eigenvalue weighted by molar-refractivity contribution is 5.77. The van der Waals surface area contributed by atoms with Gasteiger partial charge in [-0.05, 0) is 43.2 Å². The van der Waals surface area contributed by atoms with E-state index in [1.54, 1.807) is 15.8 Å². The van der Waals surface area contributed by atoms with Crippen molar-refractivity contribution in [1.29, 1.82) is 0 Å². The lowest BCUT2D eigenvalue weighted by atomic mass is 9.90. The minimum atomic E-state index is -0.509. The fourth-order valence-electron chi connectivity index (χ4n) is 5.10. The first-order valence-corrected chi connectivity index (χ1v) is 12.6. The average molecular weight is 486 g/mol. The van der Waals surface area contributed by atoms with Crippen LogP contribution < -0.4 is 11.2 Å². The van der Waals surface area contributed by atoms with Crippen LogP contribution >= 0.6 is 0 Å². The third-order valence-electron chi connectivity index (χ3n) is 7.14. The van der Waals surface area contributed by atoms with Gasteiger partial charge in [-0.15, -0.1) is 0 Å². The Balaban J connectivity index is 1.38. The van der Waals surface area contributed by atoms with E-state index in [0.717, 1.165) is 29.4 Å². The average Bonchev–Trinajstić information content (AvgIpc) is 3.35. The van der Waals surface area contributed by atoms with Crippen LogP contribution in [0.1, 0.15) is 30.9 Å². The predicted molar refractivity (Wildman–Crippen MR) is 139 cm³/mol. The zero-order valence-electron chi connectivity index (χ0n) is 20.5. The Kier molecular flexibility index (Phi) is 6.84. The Morgan fingerprint density at radius 1 is 0.917 bits per heavy atom. The second-order valence-corrected chi connectivity index (χ2v) is 9.46. The summed E-state index contributed by atoms with van der Waals surface area (Å²) in [6.45, 7) is 3.74. The molecule has 8 nitrogen and oxygen atoms in total. The van der Waals surface area contributed by atoms with Gasteiger partial charge in [0.25, 0.3) is 5.56 Å². The zero-order chi connectivity index (χ0) is 25.1. The molecule has 0 aliphatic carbocycles. The van der Waals surface area contributed by atoms with Gasteiger partial charge in [0.05, 0.1) is 12.9 Å². The van der Waals surface area contributed by atoms with Crippen LogP contribution in [-0.2, 0) is 30.8 Å². The molecule has 0 unspecified atom stereocenters. The van der Waals surface area contributed by atoms with E-state index < -0.39 is 11.2 Å². The van der Waals surface area contributed by atoms with Crippen molar-refractivity contribution in [3.63, 3.8) is 0 Å². The van der Waals surface area contributed by atoms with Crippen molar-refractivity contribution in [2.45, 2.75) is 45.8 Å². The topological polar surface area (TPSA) is 82.1 Å². The van der Waals surface area contributed by atoms with Crippen LogP contribution in [-0.4, -0.2) is 42.6 Å². The van der Waals surface area contributed by atoms with Crippen molar-refractivity contribution in [2.75, 3.05) is 13.1 Å². The van der Waals surface area contributed by atoms with Gasteiger partial charge in [0.15, 0.2) is 11.2 Å². The van der Waals surface area contributed by atoms with Crippen molar-refractivity contribution in [2.24, 2.45) is 5.92 Å². The Morgan fingerprint density at radius 3 is 2.19 bits per heavy atom. The normalized spacial score (nSPS) is 14.4. The smallest absolute Gasteiger partial charge is 0.333 e. The number of carbonyl (C=O) groups is 1. The molecule has 1 aliphatic rings. The van der Waals surface area contributed by atoms with Crippen LogP contribution in [0.5, 0.6) is 0 Å². The molecule has 4 aromatic rings. The molecule has 3 heterocycles. The molecule has 8 heteroatoms. The van der Waals surface area contributed by atoms with Gasteiger partial charge in [0.2, 0.25) is 5.91 Å². The van der Waals surface area contributed by atoms with E-state index in [4.69, 9.17) is 0 Å². The maximum atomic E-state index is 13.5. The predicted octanol–water partition coefficient (Wildman–Crippen LogP) is 2.91. The summed E-state index contributed by atoms with van der Waals surface area (Å²) in [5, 5.41) is 0. The van der Waals surface area contributed by atoms with Crippen molar-refractivity contribution >= 4 is 17.1 Å². The third-order valence-corrected chi connectivity index (χ3v) is 7.14. The Bertz CT molecular complexity index is 1460. The molecule has 0 N–H and O–H groups in total. The second kappa shape index (κ2) is 10.4. The van der Waals surface area contributed by atoms with E-state index >= 15 is 0 Å². The zero-order valence-corrected chi connectivity index (χ0v) is 20.5. The maximum absolute atomic E-state index is 13.5. The van der Waals surface area contributed by atoms with Crippen LogP contribution in [0.2, 0.25) is 0 Å². The fraction of sp³-hybridized carbons (Fsp3) is 0.357. The van der Waals surface area contributed by atoms with E-state index in [0.29, 0.717) is 36.7 Å². The number of aryl methyl sites for hydroxylation is 1. The number of fused-ring (bicyclic) bond motifs is 1. The van der Waals surface area contributed by atoms with E-state index in [9.17, 15) is 14.4 Å². The summed E-state index contributed by atoms with van der Waals surface area (Å²) in [5.74, 6) is 0.332. The van der Waals surface area contributed by atoms with Crippen molar-refractivity contribution in [3.8, 4) is 0 Å². The number of benzene rings is 2. The summed E-state index contributed by atoms with van der Waals surface area (Å²) in [5.41, 5.74) is 1.96. The molecular weight excluding hydrogens is 454 g/mol. The van der Waals surface area contributed by atoms with E-state index in [2.05, 4.69) is 29.2 Å². The van der Waals surface area contributed by atoms with Gasteiger partial charge in [0, 0.05) is 19.6 Å². The molecule has 0 bridgehead atoms. The van der Waals surface area contributed by atoms with Crippen molar-refractivity contribution in [3.05, 3.63) is 99.0 Å². The molecule has 2 aromatic heterocycles. The van der Waals surface area contributed by atoms with Gasteiger partial charge in [-0.3, -0.25) is 14.2 Å². The molecule has 0 saturated carbocycles. The molecule has 0 spiro atoms. The van der Waals surface area contributed by atoms with Gasteiger partial charge in [-0.1, -0.05) is 60.7 Å². The van der Waals surface area contributed by atoms with Gasteiger partial charge in [-0.2, -0.15) is 0 Å². The summed E-state index contributed by atoms with van der Waals surface area (Å²) >= 11 is 0. The standard InChI is InChI=1S/C28H31N5O3/c1-2-30-20-29-26-25(30)27(35)33(28(36)32(26)18-23-11-7-4-8-12-23)19-24(34)31-15-13-22(14-16-31)17-21-9-5-3-6-10-21/h3-12,20,22H,2,13-19H2,1H3. The minimum Gasteiger partial charge on any atom is -0.341 e. The highest BCUT2D eigenvalue weighted by Crippen LogP contribution is 2.22. The van der Waals surface area contributed by atoms with Crippen LogP contribution in [0.3, 0.4) is 0 Å².